The largest absolute Gasteiger partial charge is 0.383 e. The summed E-state index contributed by atoms with van der Waals surface area (Å²) in [4.78, 5) is 2.60. The van der Waals surface area contributed by atoms with Crippen LogP contribution in [0.2, 0.25) is 0 Å². The molecule has 1 heterocycles. The standard InChI is InChI=1S/C13H28N2O/c1-5-8-14-12(11-16-4)10-15-9-6-7-13(15,2)3/h12,14H,5-11H2,1-4H3. The lowest BCUT2D eigenvalue weighted by Crippen LogP contribution is -2.49. The maximum Gasteiger partial charge on any atom is 0.0628 e. The Morgan fingerprint density at radius 3 is 2.69 bits per heavy atom. The second-order valence-electron chi connectivity index (χ2n) is 5.47. The van der Waals surface area contributed by atoms with E-state index in [1.54, 1.807) is 7.11 Å². The van der Waals surface area contributed by atoms with Crippen molar-refractivity contribution in [2.24, 2.45) is 0 Å². The minimum absolute atomic E-state index is 0.375. The van der Waals surface area contributed by atoms with Crippen LogP contribution in [0.15, 0.2) is 0 Å². The number of hydrogen-bond acceptors (Lipinski definition) is 3. The first-order valence-corrected chi connectivity index (χ1v) is 6.57. The third-order valence-corrected chi connectivity index (χ3v) is 3.56. The molecular formula is C13H28N2O. The SMILES string of the molecule is CCCNC(COC)CN1CCCC1(C)C. The van der Waals surface area contributed by atoms with Gasteiger partial charge in [-0.2, -0.15) is 0 Å². The van der Waals surface area contributed by atoms with E-state index < -0.39 is 0 Å². The van der Waals surface area contributed by atoms with E-state index >= 15 is 0 Å². The molecule has 0 aliphatic carbocycles. The zero-order valence-electron chi connectivity index (χ0n) is 11.4. The summed E-state index contributed by atoms with van der Waals surface area (Å²) in [6, 6.07) is 0.474. The number of methoxy groups -OCH3 is 1. The topological polar surface area (TPSA) is 24.5 Å². The molecule has 3 heteroatoms. The maximum absolute atomic E-state index is 5.29. The maximum atomic E-state index is 5.29. The molecule has 0 bridgehead atoms. The second kappa shape index (κ2) is 6.58. The quantitative estimate of drug-likeness (QED) is 0.720. The summed E-state index contributed by atoms with van der Waals surface area (Å²) in [5, 5.41) is 3.57. The zero-order chi connectivity index (χ0) is 12.0. The van der Waals surface area contributed by atoms with Crippen LogP contribution >= 0.6 is 0 Å². The smallest absolute Gasteiger partial charge is 0.0628 e. The fraction of sp³-hybridized carbons (Fsp3) is 1.00. The van der Waals surface area contributed by atoms with Crippen molar-refractivity contribution in [3.63, 3.8) is 0 Å². The molecule has 1 N–H and O–H groups in total. The van der Waals surface area contributed by atoms with Crippen molar-refractivity contribution in [2.75, 3.05) is 33.4 Å². The molecule has 96 valence electrons. The summed E-state index contributed by atoms with van der Waals surface area (Å²) >= 11 is 0. The number of rotatable bonds is 7. The average molecular weight is 228 g/mol. The summed E-state index contributed by atoms with van der Waals surface area (Å²) in [5.41, 5.74) is 0.375. The number of likely N-dealkylation sites (tertiary alicyclic amines) is 1. The van der Waals surface area contributed by atoms with Crippen molar-refractivity contribution in [3.8, 4) is 0 Å². The van der Waals surface area contributed by atoms with Gasteiger partial charge in [0.25, 0.3) is 0 Å². The van der Waals surface area contributed by atoms with Crippen LogP contribution in [0.25, 0.3) is 0 Å². The molecule has 1 fully saturated rings. The van der Waals surface area contributed by atoms with Crippen LogP contribution in [-0.2, 0) is 4.74 Å². The lowest BCUT2D eigenvalue weighted by Gasteiger charge is -2.34. The van der Waals surface area contributed by atoms with Gasteiger partial charge >= 0.3 is 0 Å². The second-order valence-corrected chi connectivity index (χ2v) is 5.47. The normalized spacial score (nSPS) is 22.5. The van der Waals surface area contributed by atoms with Gasteiger partial charge in [0.05, 0.1) is 6.61 Å². The van der Waals surface area contributed by atoms with Crippen LogP contribution in [0.4, 0.5) is 0 Å². The van der Waals surface area contributed by atoms with Gasteiger partial charge in [0.2, 0.25) is 0 Å². The molecule has 1 aliphatic rings. The number of nitrogens with zero attached hydrogens (tertiary/aromatic N) is 1. The van der Waals surface area contributed by atoms with E-state index in [9.17, 15) is 0 Å². The molecule has 1 rings (SSSR count). The van der Waals surface area contributed by atoms with E-state index in [2.05, 4.69) is 31.0 Å². The molecule has 0 spiro atoms. The summed E-state index contributed by atoms with van der Waals surface area (Å²) in [7, 11) is 1.79. The van der Waals surface area contributed by atoms with Crippen molar-refractivity contribution in [1.29, 1.82) is 0 Å². The Balaban J connectivity index is 2.40. The lowest BCUT2D eigenvalue weighted by molar-refractivity contribution is 0.109. The highest BCUT2D eigenvalue weighted by Gasteiger charge is 2.32. The van der Waals surface area contributed by atoms with Crippen molar-refractivity contribution < 1.29 is 4.74 Å². The van der Waals surface area contributed by atoms with E-state index in [0.29, 0.717) is 11.6 Å². The highest BCUT2D eigenvalue weighted by molar-refractivity contribution is 4.90. The Kier molecular flexibility index (Phi) is 5.73. The third kappa shape index (κ3) is 4.04. The van der Waals surface area contributed by atoms with E-state index in [-0.39, 0.29) is 0 Å². The predicted molar refractivity (Wildman–Crippen MR) is 68.8 cm³/mol. The minimum Gasteiger partial charge on any atom is -0.383 e. The molecule has 0 aromatic rings. The van der Waals surface area contributed by atoms with Gasteiger partial charge in [0.15, 0.2) is 0 Å². The molecule has 1 unspecified atom stereocenters. The van der Waals surface area contributed by atoms with Gasteiger partial charge in [-0.3, -0.25) is 4.90 Å². The molecule has 0 radical (unpaired) electrons. The first-order valence-electron chi connectivity index (χ1n) is 6.57. The van der Waals surface area contributed by atoms with Gasteiger partial charge in [-0.05, 0) is 46.2 Å². The molecule has 0 saturated carbocycles. The van der Waals surface area contributed by atoms with E-state index in [1.807, 2.05) is 0 Å². The van der Waals surface area contributed by atoms with Crippen LogP contribution in [0.3, 0.4) is 0 Å². The summed E-state index contributed by atoms with van der Waals surface area (Å²) < 4.78 is 5.29. The van der Waals surface area contributed by atoms with Gasteiger partial charge in [0.1, 0.15) is 0 Å². The Hall–Kier alpha value is -0.120. The van der Waals surface area contributed by atoms with Crippen molar-refractivity contribution in [2.45, 2.75) is 51.6 Å². The summed E-state index contributed by atoms with van der Waals surface area (Å²) in [6.45, 7) is 11.2. The van der Waals surface area contributed by atoms with Crippen LogP contribution in [0, 0.1) is 0 Å². The predicted octanol–water partition coefficient (Wildman–Crippen LogP) is 1.88. The molecular weight excluding hydrogens is 200 g/mol. The molecule has 16 heavy (non-hydrogen) atoms. The Morgan fingerprint density at radius 2 is 2.19 bits per heavy atom. The number of nitrogens with one attached hydrogen (secondary N) is 1. The van der Waals surface area contributed by atoms with Crippen molar-refractivity contribution in [1.82, 2.24) is 10.2 Å². The first kappa shape index (κ1) is 13.9. The number of hydrogen-bond donors (Lipinski definition) is 1. The highest BCUT2D eigenvalue weighted by atomic mass is 16.5. The number of ether oxygens (including phenoxy) is 1. The van der Waals surface area contributed by atoms with Gasteiger partial charge < -0.3 is 10.1 Å². The first-order chi connectivity index (χ1) is 7.60. The Morgan fingerprint density at radius 1 is 1.44 bits per heavy atom. The fourth-order valence-electron chi connectivity index (χ4n) is 2.49. The molecule has 0 aromatic carbocycles. The highest BCUT2D eigenvalue weighted by Crippen LogP contribution is 2.27. The van der Waals surface area contributed by atoms with Crippen LogP contribution < -0.4 is 5.32 Å². The molecule has 1 saturated heterocycles. The molecule has 1 atom stereocenters. The van der Waals surface area contributed by atoms with Gasteiger partial charge in [-0.25, -0.2) is 0 Å². The zero-order valence-corrected chi connectivity index (χ0v) is 11.4. The molecule has 0 amide bonds. The fourth-order valence-corrected chi connectivity index (χ4v) is 2.49. The van der Waals surface area contributed by atoms with Gasteiger partial charge in [-0.15, -0.1) is 0 Å². The van der Waals surface area contributed by atoms with E-state index in [0.717, 1.165) is 19.7 Å². The van der Waals surface area contributed by atoms with Crippen LogP contribution in [-0.4, -0.2) is 49.8 Å². The molecule has 1 aliphatic heterocycles. The van der Waals surface area contributed by atoms with Gasteiger partial charge in [0, 0.05) is 25.2 Å². The third-order valence-electron chi connectivity index (χ3n) is 3.56. The van der Waals surface area contributed by atoms with Crippen LogP contribution in [0.1, 0.15) is 40.0 Å². The Bertz CT molecular complexity index is 194. The van der Waals surface area contributed by atoms with Crippen molar-refractivity contribution in [3.05, 3.63) is 0 Å². The lowest BCUT2D eigenvalue weighted by atomic mass is 10.0. The average Bonchev–Trinajstić information content (AvgIpc) is 2.55. The van der Waals surface area contributed by atoms with E-state index in [1.165, 1.54) is 25.8 Å². The van der Waals surface area contributed by atoms with Gasteiger partial charge in [-0.1, -0.05) is 6.92 Å². The molecule has 0 aromatic heterocycles. The van der Waals surface area contributed by atoms with E-state index in [4.69, 9.17) is 4.74 Å². The van der Waals surface area contributed by atoms with Crippen molar-refractivity contribution >= 4 is 0 Å². The van der Waals surface area contributed by atoms with Crippen LogP contribution in [0.5, 0.6) is 0 Å². The molecule has 3 nitrogen and oxygen atoms in total. The summed E-state index contributed by atoms with van der Waals surface area (Å²) in [6.07, 6.45) is 3.84. The summed E-state index contributed by atoms with van der Waals surface area (Å²) in [5.74, 6) is 0. The monoisotopic (exact) mass is 228 g/mol. The Labute approximate surface area is 101 Å². The minimum atomic E-state index is 0.375.